The minimum absolute atomic E-state index is 0.454. The molecule has 0 bridgehead atoms. The molecule has 1 aliphatic carbocycles. The third-order valence-corrected chi connectivity index (χ3v) is 14.1. The first-order chi connectivity index (χ1) is 19.4. The SMILES string of the molecule is CC(C)c1cc(C(C)C)c(-c2ccccc2[P+](c2ccccc2)(c2ccccc2)C2CCCCC2)c(C(C)C)c1. The number of benzene rings is 4. The molecule has 0 aliphatic heterocycles. The lowest BCUT2D eigenvalue weighted by Gasteiger charge is -2.38. The summed E-state index contributed by atoms with van der Waals surface area (Å²) in [5.74, 6) is 1.42. The van der Waals surface area contributed by atoms with Crippen LogP contribution in [-0.4, -0.2) is 5.66 Å². The van der Waals surface area contributed by atoms with Crippen molar-refractivity contribution in [2.45, 2.75) is 97.1 Å². The number of hydrogen-bond acceptors (Lipinski definition) is 0. The molecule has 4 aromatic carbocycles. The van der Waals surface area contributed by atoms with Crippen LogP contribution in [0.5, 0.6) is 0 Å². The van der Waals surface area contributed by atoms with Crippen LogP contribution in [0.3, 0.4) is 0 Å². The first kappa shape index (κ1) is 28.8. The van der Waals surface area contributed by atoms with Crippen LogP contribution >= 0.6 is 7.26 Å². The van der Waals surface area contributed by atoms with Crippen LogP contribution < -0.4 is 15.9 Å². The van der Waals surface area contributed by atoms with Crippen molar-refractivity contribution >= 4 is 23.2 Å². The first-order valence-corrected chi connectivity index (χ1v) is 17.5. The molecule has 1 fully saturated rings. The molecule has 0 N–H and O–H groups in total. The molecule has 0 heterocycles. The molecule has 0 radical (unpaired) electrons. The van der Waals surface area contributed by atoms with Gasteiger partial charge in [0.1, 0.15) is 23.2 Å². The van der Waals surface area contributed by atoms with Crippen molar-refractivity contribution in [3.8, 4) is 11.1 Å². The maximum atomic E-state index is 2.53. The van der Waals surface area contributed by atoms with Gasteiger partial charge in [-0.05, 0) is 96.0 Å². The Balaban J connectivity index is 1.92. The zero-order chi connectivity index (χ0) is 28.3. The second kappa shape index (κ2) is 12.4. The molecule has 5 rings (SSSR count). The van der Waals surface area contributed by atoms with Crippen molar-refractivity contribution in [2.24, 2.45) is 0 Å². The van der Waals surface area contributed by atoms with Crippen molar-refractivity contribution < 1.29 is 0 Å². The van der Waals surface area contributed by atoms with Crippen molar-refractivity contribution in [2.75, 3.05) is 0 Å². The van der Waals surface area contributed by atoms with Gasteiger partial charge in [0.2, 0.25) is 0 Å². The van der Waals surface area contributed by atoms with Crippen molar-refractivity contribution in [3.63, 3.8) is 0 Å². The minimum atomic E-state index is -1.96. The molecule has 0 unspecified atom stereocenters. The first-order valence-electron chi connectivity index (χ1n) is 15.6. The average Bonchev–Trinajstić information content (AvgIpc) is 2.99. The van der Waals surface area contributed by atoms with E-state index in [4.69, 9.17) is 0 Å². The van der Waals surface area contributed by atoms with Crippen molar-refractivity contribution in [1.82, 2.24) is 0 Å². The number of hydrogen-bond donors (Lipinski definition) is 0. The summed E-state index contributed by atoms with van der Waals surface area (Å²) in [5.41, 5.74) is 8.10. The summed E-state index contributed by atoms with van der Waals surface area (Å²) in [5, 5.41) is 4.66. The Kier molecular flexibility index (Phi) is 8.97. The Bertz CT molecular complexity index is 1320. The molecule has 40 heavy (non-hydrogen) atoms. The van der Waals surface area contributed by atoms with E-state index < -0.39 is 7.26 Å². The second-order valence-electron chi connectivity index (χ2n) is 12.7. The van der Waals surface area contributed by atoms with Gasteiger partial charge in [0, 0.05) is 5.56 Å². The molecule has 1 saturated carbocycles. The van der Waals surface area contributed by atoms with Gasteiger partial charge in [-0.3, -0.25) is 0 Å². The molecule has 1 aliphatic rings. The molecule has 0 saturated heterocycles. The van der Waals surface area contributed by atoms with Gasteiger partial charge in [0.25, 0.3) is 0 Å². The molecular weight excluding hydrogens is 499 g/mol. The third kappa shape index (κ3) is 5.33. The summed E-state index contributed by atoms with van der Waals surface area (Å²) in [7, 11) is -1.96. The van der Waals surface area contributed by atoms with Gasteiger partial charge in [0.05, 0.1) is 5.66 Å². The Morgan fingerprint density at radius 3 is 1.50 bits per heavy atom. The summed E-state index contributed by atoms with van der Waals surface area (Å²) >= 11 is 0. The summed E-state index contributed by atoms with van der Waals surface area (Å²) in [6.07, 6.45) is 6.67. The van der Waals surface area contributed by atoms with E-state index in [0.29, 0.717) is 23.4 Å². The van der Waals surface area contributed by atoms with Crippen LogP contribution in [0.25, 0.3) is 11.1 Å². The zero-order valence-corrected chi connectivity index (χ0v) is 26.4. The van der Waals surface area contributed by atoms with Crippen LogP contribution in [0, 0.1) is 0 Å². The highest BCUT2D eigenvalue weighted by molar-refractivity contribution is 7.96. The smallest absolute Gasteiger partial charge is 0.0620 e. The van der Waals surface area contributed by atoms with E-state index in [2.05, 4.69) is 139 Å². The highest BCUT2D eigenvalue weighted by atomic mass is 31.2. The van der Waals surface area contributed by atoms with Crippen molar-refractivity contribution in [1.29, 1.82) is 0 Å². The fourth-order valence-corrected chi connectivity index (χ4v) is 12.5. The van der Waals surface area contributed by atoms with E-state index >= 15 is 0 Å². The summed E-state index contributed by atoms with van der Waals surface area (Å²) in [6.45, 7) is 14.2. The predicted octanol–water partition coefficient (Wildman–Crippen LogP) is 10.4. The van der Waals surface area contributed by atoms with Crippen LogP contribution in [-0.2, 0) is 0 Å². The largest absolute Gasteiger partial charge is 0.115 e. The Hall–Kier alpha value is -2.69. The quantitative estimate of drug-likeness (QED) is 0.193. The molecule has 0 aromatic heterocycles. The van der Waals surface area contributed by atoms with Crippen LogP contribution in [0.15, 0.2) is 97.1 Å². The summed E-state index contributed by atoms with van der Waals surface area (Å²) in [6, 6.07) is 37.9. The molecule has 0 atom stereocenters. The lowest BCUT2D eigenvalue weighted by Crippen LogP contribution is -2.40. The van der Waals surface area contributed by atoms with E-state index in [0.717, 1.165) is 0 Å². The van der Waals surface area contributed by atoms with E-state index in [1.807, 2.05) is 0 Å². The lowest BCUT2D eigenvalue weighted by atomic mass is 9.82. The van der Waals surface area contributed by atoms with Crippen LogP contribution in [0.4, 0.5) is 0 Å². The van der Waals surface area contributed by atoms with Crippen LogP contribution in [0.2, 0.25) is 0 Å². The lowest BCUT2D eigenvalue weighted by molar-refractivity contribution is 0.511. The summed E-state index contributed by atoms with van der Waals surface area (Å²) < 4.78 is 0. The highest BCUT2D eigenvalue weighted by Gasteiger charge is 2.53. The maximum Gasteiger partial charge on any atom is 0.115 e. The maximum absolute atomic E-state index is 2.53. The van der Waals surface area contributed by atoms with Gasteiger partial charge < -0.3 is 0 Å². The second-order valence-corrected chi connectivity index (χ2v) is 16.4. The molecule has 0 amide bonds. The van der Waals surface area contributed by atoms with Gasteiger partial charge in [-0.25, -0.2) is 0 Å². The molecule has 4 aromatic rings. The van der Waals surface area contributed by atoms with E-state index in [1.54, 1.807) is 5.30 Å². The van der Waals surface area contributed by atoms with E-state index in [-0.39, 0.29) is 0 Å². The van der Waals surface area contributed by atoms with Gasteiger partial charge in [0.15, 0.2) is 0 Å². The van der Waals surface area contributed by atoms with Crippen LogP contribution in [0.1, 0.15) is 108 Å². The standard InChI is InChI=1S/C39H48P/c1-28(2)31-26-36(29(3)4)39(37(27-31)30(5)6)35-24-16-17-25-38(35)40(32-18-10-7-11-19-32,33-20-12-8-13-21-33)34-22-14-9-15-23-34/h7-8,10-13,16-21,24-30,34H,9,14-15,22-23H2,1-6H3/q+1. The number of rotatable bonds is 8. The van der Waals surface area contributed by atoms with Gasteiger partial charge in [-0.2, -0.15) is 0 Å². The topological polar surface area (TPSA) is 0 Å². The molecule has 208 valence electrons. The molecular formula is C39H48P+. The Morgan fingerprint density at radius 2 is 1.02 bits per heavy atom. The van der Waals surface area contributed by atoms with E-state index in [9.17, 15) is 0 Å². The Morgan fingerprint density at radius 1 is 0.550 bits per heavy atom. The van der Waals surface area contributed by atoms with Gasteiger partial charge in [-0.15, -0.1) is 0 Å². The molecule has 0 nitrogen and oxygen atoms in total. The molecule has 1 heteroatoms. The van der Waals surface area contributed by atoms with Gasteiger partial charge >= 0.3 is 0 Å². The Labute approximate surface area is 244 Å². The van der Waals surface area contributed by atoms with Gasteiger partial charge in [-0.1, -0.05) is 115 Å². The normalized spacial score (nSPS) is 14.8. The molecule has 0 spiro atoms. The zero-order valence-electron chi connectivity index (χ0n) is 25.5. The monoisotopic (exact) mass is 547 g/mol. The highest BCUT2D eigenvalue weighted by Crippen LogP contribution is 2.64. The fraction of sp³-hybridized carbons (Fsp3) is 0.385. The average molecular weight is 548 g/mol. The summed E-state index contributed by atoms with van der Waals surface area (Å²) in [4.78, 5) is 0. The van der Waals surface area contributed by atoms with E-state index in [1.165, 1.54) is 70.5 Å². The van der Waals surface area contributed by atoms with Crippen molar-refractivity contribution in [3.05, 3.63) is 114 Å². The third-order valence-electron chi connectivity index (χ3n) is 9.14. The minimum Gasteiger partial charge on any atom is -0.0620 e. The fourth-order valence-electron chi connectivity index (χ4n) is 7.10. The predicted molar refractivity (Wildman–Crippen MR) is 180 cm³/mol.